The van der Waals surface area contributed by atoms with E-state index in [9.17, 15) is 9.59 Å². The number of amides is 1. The first kappa shape index (κ1) is 13.2. The maximum absolute atomic E-state index is 11.6. The fraction of sp³-hybridized carbons (Fsp3) is 0.833. The van der Waals surface area contributed by atoms with Gasteiger partial charge in [-0.3, -0.25) is 9.69 Å². The van der Waals surface area contributed by atoms with Crippen molar-refractivity contribution in [2.24, 2.45) is 5.92 Å². The van der Waals surface area contributed by atoms with E-state index >= 15 is 0 Å². The van der Waals surface area contributed by atoms with Crippen LogP contribution in [0.25, 0.3) is 0 Å². The van der Waals surface area contributed by atoms with Gasteiger partial charge in [-0.25, -0.2) is 0 Å². The lowest BCUT2D eigenvalue weighted by atomic mass is 10.00. The zero-order valence-electron chi connectivity index (χ0n) is 10.2. The van der Waals surface area contributed by atoms with Gasteiger partial charge in [-0.15, -0.1) is 0 Å². The Labute approximate surface area is 97.4 Å². The van der Waals surface area contributed by atoms with Crippen molar-refractivity contribution in [2.75, 3.05) is 19.6 Å². The summed E-state index contributed by atoms with van der Waals surface area (Å²) in [5.74, 6) is 0.186. The number of nitrogens with zero attached hydrogens (tertiary/aromatic N) is 1. The number of carbonyl (C=O) groups excluding carboxylic acids is 2. The molecule has 1 rings (SSSR count). The van der Waals surface area contributed by atoms with Crippen LogP contribution in [0.1, 0.15) is 33.1 Å². The monoisotopic (exact) mass is 226 g/mol. The van der Waals surface area contributed by atoms with Crippen LogP contribution in [0.5, 0.6) is 0 Å². The minimum absolute atomic E-state index is 0.0703. The number of nitrogens with one attached hydrogen (secondary N) is 1. The second kappa shape index (κ2) is 6.63. The Morgan fingerprint density at radius 2 is 2.38 bits per heavy atom. The van der Waals surface area contributed by atoms with Crippen LogP contribution in [0.15, 0.2) is 0 Å². The van der Waals surface area contributed by atoms with Crippen LogP contribution in [0.4, 0.5) is 0 Å². The molecular weight excluding hydrogens is 204 g/mol. The number of hydrogen-bond acceptors (Lipinski definition) is 3. The van der Waals surface area contributed by atoms with Crippen molar-refractivity contribution in [3.05, 3.63) is 0 Å². The lowest BCUT2D eigenvalue weighted by Gasteiger charge is -2.29. The van der Waals surface area contributed by atoms with E-state index in [0.717, 1.165) is 38.6 Å². The second-order valence-electron chi connectivity index (χ2n) is 4.65. The standard InChI is InChI=1S/C12H22N2O2/c1-3-10(2)13-12(16)8-14-6-4-5-11(7-14)9-15/h9-11H,3-8H2,1-2H3,(H,13,16). The van der Waals surface area contributed by atoms with Gasteiger partial charge in [0.1, 0.15) is 6.29 Å². The van der Waals surface area contributed by atoms with E-state index in [2.05, 4.69) is 10.2 Å². The molecule has 1 fully saturated rings. The van der Waals surface area contributed by atoms with Gasteiger partial charge in [0, 0.05) is 18.5 Å². The Morgan fingerprint density at radius 1 is 1.62 bits per heavy atom. The van der Waals surface area contributed by atoms with Crippen LogP contribution < -0.4 is 5.32 Å². The number of piperidine rings is 1. The SMILES string of the molecule is CCC(C)NC(=O)CN1CCCC(C=O)C1. The molecule has 0 radical (unpaired) electrons. The van der Waals surface area contributed by atoms with Crippen LogP contribution in [0.3, 0.4) is 0 Å². The minimum Gasteiger partial charge on any atom is -0.353 e. The van der Waals surface area contributed by atoms with Gasteiger partial charge in [0.25, 0.3) is 0 Å². The van der Waals surface area contributed by atoms with Crippen LogP contribution in [0.2, 0.25) is 0 Å². The van der Waals surface area contributed by atoms with Gasteiger partial charge in [0.2, 0.25) is 5.91 Å². The van der Waals surface area contributed by atoms with Crippen molar-refractivity contribution >= 4 is 12.2 Å². The highest BCUT2D eigenvalue weighted by molar-refractivity contribution is 5.78. The topological polar surface area (TPSA) is 49.4 Å². The van der Waals surface area contributed by atoms with E-state index in [-0.39, 0.29) is 17.9 Å². The molecule has 0 aromatic heterocycles. The van der Waals surface area contributed by atoms with E-state index in [1.54, 1.807) is 0 Å². The van der Waals surface area contributed by atoms with Crippen molar-refractivity contribution < 1.29 is 9.59 Å². The first-order valence-electron chi connectivity index (χ1n) is 6.12. The van der Waals surface area contributed by atoms with Crippen molar-refractivity contribution in [3.63, 3.8) is 0 Å². The summed E-state index contributed by atoms with van der Waals surface area (Å²) in [6.45, 7) is 6.14. The summed E-state index contributed by atoms with van der Waals surface area (Å²) in [7, 11) is 0. The summed E-state index contributed by atoms with van der Waals surface area (Å²) < 4.78 is 0. The number of likely N-dealkylation sites (tertiary alicyclic amines) is 1. The predicted octanol–water partition coefficient (Wildman–Crippen LogP) is 0.812. The third-order valence-corrected chi connectivity index (χ3v) is 3.12. The highest BCUT2D eigenvalue weighted by atomic mass is 16.2. The largest absolute Gasteiger partial charge is 0.353 e. The second-order valence-corrected chi connectivity index (χ2v) is 4.65. The quantitative estimate of drug-likeness (QED) is 0.706. The van der Waals surface area contributed by atoms with E-state index in [1.165, 1.54) is 0 Å². The molecule has 0 aliphatic carbocycles. The number of rotatable bonds is 5. The van der Waals surface area contributed by atoms with Gasteiger partial charge in [-0.2, -0.15) is 0 Å². The van der Waals surface area contributed by atoms with Crippen molar-refractivity contribution in [1.29, 1.82) is 0 Å². The molecule has 0 saturated carbocycles. The third kappa shape index (κ3) is 4.31. The normalized spacial score (nSPS) is 23.8. The molecule has 16 heavy (non-hydrogen) atoms. The Bertz CT molecular complexity index is 243. The molecule has 0 aromatic rings. The Balaban J connectivity index is 2.30. The number of aldehydes is 1. The average Bonchev–Trinajstić information content (AvgIpc) is 2.28. The molecule has 92 valence electrons. The maximum Gasteiger partial charge on any atom is 0.234 e. The lowest BCUT2D eigenvalue weighted by molar-refractivity contribution is -0.124. The van der Waals surface area contributed by atoms with Gasteiger partial charge in [-0.05, 0) is 32.7 Å². The van der Waals surface area contributed by atoms with E-state index in [1.807, 2.05) is 13.8 Å². The summed E-state index contributed by atoms with van der Waals surface area (Å²) >= 11 is 0. The van der Waals surface area contributed by atoms with E-state index < -0.39 is 0 Å². The third-order valence-electron chi connectivity index (χ3n) is 3.12. The summed E-state index contributed by atoms with van der Waals surface area (Å²) in [5.41, 5.74) is 0. The van der Waals surface area contributed by atoms with Crippen LogP contribution in [0, 0.1) is 5.92 Å². The Hall–Kier alpha value is -0.900. The molecule has 1 aliphatic heterocycles. The van der Waals surface area contributed by atoms with Crippen LogP contribution in [-0.4, -0.2) is 42.8 Å². The van der Waals surface area contributed by atoms with Crippen molar-refractivity contribution in [2.45, 2.75) is 39.2 Å². The summed E-state index contributed by atoms with van der Waals surface area (Å²) in [4.78, 5) is 24.4. The highest BCUT2D eigenvalue weighted by Gasteiger charge is 2.21. The smallest absolute Gasteiger partial charge is 0.234 e. The van der Waals surface area contributed by atoms with Gasteiger partial charge in [0.15, 0.2) is 0 Å². The zero-order chi connectivity index (χ0) is 12.0. The fourth-order valence-corrected chi connectivity index (χ4v) is 1.97. The number of carbonyl (C=O) groups is 2. The maximum atomic E-state index is 11.6. The molecule has 1 heterocycles. The fourth-order valence-electron chi connectivity index (χ4n) is 1.97. The zero-order valence-corrected chi connectivity index (χ0v) is 10.2. The first-order chi connectivity index (χ1) is 7.65. The molecule has 2 unspecified atom stereocenters. The molecule has 4 heteroatoms. The minimum atomic E-state index is 0.0703. The van der Waals surface area contributed by atoms with E-state index in [0.29, 0.717) is 6.54 Å². The molecule has 1 aliphatic rings. The molecule has 4 nitrogen and oxygen atoms in total. The molecule has 0 spiro atoms. The Morgan fingerprint density at radius 3 is 3.00 bits per heavy atom. The molecule has 0 aromatic carbocycles. The molecule has 1 saturated heterocycles. The lowest BCUT2D eigenvalue weighted by Crippen LogP contribution is -2.44. The van der Waals surface area contributed by atoms with Crippen LogP contribution in [-0.2, 0) is 9.59 Å². The van der Waals surface area contributed by atoms with Crippen LogP contribution >= 0.6 is 0 Å². The summed E-state index contributed by atoms with van der Waals surface area (Å²) in [5, 5.41) is 2.94. The summed E-state index contributed by atoms with van der Waals surface area (Å²) in [6, 6.07) is 0.235. The van der Waals surface area contributed by atoms with Gasteiger partial charge < -0.3 is 10.1 Å². The highest BCUT2D eigenvalue weighted by Crippen LogP contribution is 2.13. The first-order valence-corrected chi connectivity index (χ1v) is 6.12. The predicted molar refractivity (Wildman–Crippen MR) is 63.1 cm³/mol. The summed E-state index contributed by atoms with van der Waals surface area (Å²) in [6.07, 6.45) is 3.94. The molecule has 1 amide bonds. The Kier molecular flexibility index (Phi) is 5.46. The van der Waals surface area contributed by atoms with Gasteiger partial charge in [0.05, 0.1) is 6.54 Å². The van der Waals surface area contributed by atoms with E-state index in [4.69, 9.17) is 0 Å². The van der Waals surface area contributed by atoms with Crippen molar-refractivity contribution in [1.82, 2.24) is 10.2 Å². The van der Waals surface area contributed by atoms with Gasteiger partial charge >= 0.3 is 0 Å². The van der Waals surface area contributed by atoms with Crippen molar-refractivity contribution in [3.8, 4) is 0 Å². The molecule has 1 N–H and O–H groups in total. The number of hydrogen-bond donors (Lipinski definition) is 1. The molecule has 2 atom stereocenters. The van der Waals surface area contributed by atoms with Gasteiger partial charge in [-0.1, -0.05) is 6.92 Å². The molecule has 0 bridgehead atoms. The average molecular weight is 226 g/mol. The molecular formula is C12H22N2O2.